The Kier molecular flexibility index (Phi) is 2.20. The third kappa shape index (κ3) is 2.75. The highest BCUT2D eigenvalue weighted by Crippen LogP contribution is 2.36. The van der Waals surface area contributed by atoms with Gasteiger partial charge < -0.3 is 0 Å². The summed E-state index contributed by atoms with van der Waals surface area (Å²) in [6, 6.07) is 0. The zero-order valence-electron chi connectivity index (χ0n) is 6.34. The van der Waals surface area contributed by atoms with E-state index in [1.165, 1.54) is 0 Å². The fourth-order valence-electron chi connectivity index (χ4n) is 0.917. The second-order valence-corrected chi connectivity index (χ2v) is 4.61. The Bertz CT molecular complexity index is 230. The molecule has 0 amide bonds. The van der Waals surface area contributed by atoms with Crippen LogP contribution in [0.5, 0.6) is 0 Å². The summed E-state index contributed by atoms with van der Waals surface area (Å²) < 4.78 is 38.2. The molecule has 0 N–H and O–H groups in total. The lowest BCUT2D eigenvalue weighted by atomic mass is 9.83. The average Bonchev–Trinajstić information content (AvgIpc) is 1.77. The number of rotatable bonds is 3. The van der Waals surface area contributed by atoms with E-state index in [2.05, 4.69) is 4.18 Å². The van der Waals surface area contributed by atoms with E-state index in [-0.39, 0.29) is 6.61 Å². The Balaban J connectivity index is 2.33. The van der Waals surface area contributed by atoms with E-state index >= 15 is 0 Å². The molecule has 0 spiro atoms. The quantitative estimate of drug-likeness (QED) is 0.608. The maximum absolute atomic E-state index is 13.0. The molecule has 1 aliphatic rings. The van der Waals surface area contributed by atoms with Crippen molar-refractivity contribution in [3.8, 4) is 0 Å². The number of alkyl halides is 1. The van der Waals surface area contributed by atoms with Gasteiger partial charge in [0.25, 0.3) is 10.1 Å². The molecule has 1 aliphatic carbocycles. The van der Waals surface area contributed by atoms with E-state index in [1.54, 1.807) is 0 Å². The van der Waals surface area contributed by atoms with Gasteiger partial charge in [0.15, 0.2) is 0 Å². The molecule has 1 saturated carbocycles. The average molecular weight is 182 g/mol. The zero-order valence-corrected chi connectivity index (χ0v) is 7.16. The molecule has 0 heterocycles. The summed E-state index contributed by atoms with van der Waals surface area (Å²) in [7, 11) is -3.47. The lowest BCUT2D eigenvalue weighted by Crippen LogP contribution is -2.37. The van der Waals surface area contributed by atoms with Crippen LogP contribution >= 0.6 is 0 Å². The fourth-order valence-corrected chi connectivity index (χ4v) is 1.34. The minimum Gasteiger partial charge on any atom is -0.267 e. The van der Waals surface area contributed by atoms with Gasteiger partial charge in [0, 0.05) is 0 Å². The second-order valence-electron chi connectivity index (χ2n) is 2.97. The first kappa shape index (κ1) is 8.93. The molecule has 5 heteroatoms. The topological polar surface area (TPSA) is 43.4 Å². The summed E-state index contributed by atoms with van der Waals surface area (Å²) >= 11 is 0. The molecule has 3 nitrogen and oxygen atoms in total. The second kappa shape index (κ2) is 2.71. The molecular weight excluding hydrogens is 171 g/mol. The molecule has 11 heavy (non-hydrogen) atoms. The molecule has 0 aromatic heterocycles. The molecule has 0 atom stereocenters. The van der Waals surface area contributed by atoms with Crippen molar-refractivity contribution in [2.45, 2.75) is 24.9 Å². The van der Waals surface area contributed by atoms with Gasteiger partial charge in [0.2, 0.25) is 0 Å². The summed E-state index contributed by atoms with van der Waals surface area (Å²) in [5, 5.41) is 0. The van der Waals surface area contributed by atoms with Crippen molar-refractivity contribution in [1.29, 1.82) is 0 Å². The van der Waals surface area contributed by atoms with Gasteiger partial charge in [-0.3, -0.25) is 4.18 Å². The maximum Gasteiger partial charge on any atom is 0.264 e. The maximum atomic E-state index is 13.0. The first-order valence-corrected chi connectivity index (χ1v) is 5.26. The van der Waals surface area contributed by atoms with Gasteiger partial charge >= 0.3 is 0 Å². The van der Waals surface area contributed by atoms with Crippen LogP contribution < -0.4 is 0 Å². The first-order chi connectivity index (χ1) is 4.91. The molecule has 0 unspecified atom stereocenters. The number of hydrogen-bond donors (Lipinski definition) is 0. The minimum absolute atomic E-state index is 0.314. The zero-order chi connectivity index (χ0) is 8.54. The van der Waals surface area contributed by atoms with E-state index < -0.39 is 15.8 Å². The van der Waals surface area contributed by atoms with Gasteiger partial charge in [-0.05, 0) is 19.3 Å². The van der Waals surface area contributed by atoms with Crippen molar-refractivity contribution in [3.63, 3.8) is 0 Å². The van der Waals surface area contributed by atoms with Gasteiger partial charge in [0.1, 0.15) is 12.3 Å². The Morgan fingerprint density at radius 3 is 2.36 bits per heavy atom. The predicted octanol–water partition coefficient (Wildman–Crippen LogP) is 0.855. The summed E-state index contributed by atoms with van der Waals surface area (Å²) in [6.07, 6.45) is 2.59. The van der Waals surface area contributed by atoms with Gasteiger partial charge in [0.05, 0.1) is 6.26 Å². The van der Waals surface area contributed by atoms with E-state index in [4.69, 9.17) is 0 Å². The van der Waals surface area contributed by atoms with Crippen LogP contribution in [0, 0.1) is 0 Å². The first-order valence-electron chi connectivity index (χ1n) is 3.45. The standard InChI is InChI=1S/C6H11FO3S/c1-11(8,9)10-5-6(7)3-2-4-6/h2-5H2,1H3. The van der Waals surface area contributed by atoms with Crippen LogP contribution in [-0.4, -0.2) is 26.9 Å². The van der Waals surface area contributed by atoms with Gasteiger partial charge in [-0.15, -0.1) is 0 Å². The van der Waals surface area contributed by atoms with Crippen LogP contribution in [0.2, 0.25) is 0 Å². The molecule has 66 valence electrons. The number of halogens is 1. The van der Waals surface area contributed by atoms with Crippen molar-refractivity contribution in [3.05, 3.63) is 0 Å². The van der Waals surface area contributed by atoms with E-state index in [0.717, 1.165) is 12.7 Å². The summed E-state index contributed by atoms with van der Waals surface area (Å²) in [5.74, 6) is 0. The number of hydrogen-bond acceptors (Lipinski definition) is 3. The van der Waals surface area contributed by atoms with E-state index in [0.29, 0.717) is 12.8 Å². The van der Waals surface area contributed by atoms with Crippen molar-refractivity contribution < 1.29 is 17.0 Å². The molecule has 1 fully saturated rings. The van der Waals surface area contributed by atoms with Gasteiger partial charge in [-0.2, -0.15) is 8.42 Å². The normalized spacial score (nSPS) is 22.7. The molecule has 0 radical (unpaired) electrons. The molecular formula is C6H11FO3S. The van der Waals surface area contributed by atoms with Gasteiger partial charge in [-0.1, -0.05) is 0 Å². The van der Waals surface area contributed by atoms with Crippen molar-refractivity contribution in [2.75, 3.05) is 12.9 Å². The Labute approximate surface area is 65.7 Å². The molecule has 0 aromatic carbocycles. The highest BCUT2D eigenvalue weighted by Gasteiger charge is 2.38. The van der Waals surface area contributed by atoms with Crippen LogP contribution in [-0.2, 0) is 14.3 Å². The van der Waals surface area contributed by atoms with E-state index in [9.17, 15) is 12.8 Å². The highest BCUT2D eigenvalue weighted by atomic mass is 32.2. The molecule has 0 aliphatic heterocycles. The third-order valence-corrected chi connectivity index (χ3v) is 2.33. The molecule has 0 bridgehead atoms. The van der Waals surface area contributed by atoms with Crippen LogP contribution in [0.1, 0.15) is 19.3 Å². The molecule has 0 aromatic rings. The Hall–Kier alpha value is -0.160. The van der Waals surface area contributed by atoms with Crippen molar-refractivity contribution >= 4 is 10.1 Å². The highest BCUT2D eigenvalue weighted by molar-refractivity contribution is 7.85. The lowest BCUT2D eigenvalue weighted by Gasteiger charge is -2.32. The lowest BCUT2D eigenvalue weighted by molar-refractivity contribution is 0.0150. The fraction of sp³-hybridized carbons (Fsp3) is 1.00. The summed E-state index contributed by atoms with van der Waals surface area (Å²) in [5.41, 5.74) is -1.37. The van der Waals surface area contributed by atoms with E-state index in [1.807, 2.05) is 0 Å². The SMILES string of the molecule is CS(=O)(=O)OCC1(F)CCC1. The molecule has 1 rings (SSSR count). The van der Waals surface area contributed by atoms with Crippen LogP contribution in [0.25, 0.3) is 0 Å². The van der Waals surface area contributed by atoms with Crippen molar-refractivity contribution in [2.24, 2.45) is 0 Å². The van der Waals surface area contributed by atoms with Crippen LogP contribution in [0.4, 0.5) is 4.39 Å². The van der Waals surface area contributed by atoms with Crippen LogP contribution in [0.3, 0.4) is 0 Å². The summed E-state index contributed by atoms with van der Waals surface area (Å²) in [6.45, 7) is -0.314. The Morgan fingerprint density at radius 2 is 2.09 bits per heavy atom. The predicted molar refractivity (Wildman–Crippen MR) is 38.5 cm³/mol. The largest absolute Gasteiger partial charge is 0.267 e. The summed E-state index contributed by atoms with van der Waals surface area (Å²) in [4.78, 5) is 0. The molecule has 0 saturated heterocycles. The van der Waals surface area contributed by atoms with Crippen molar-refractivity contribution in [1.82, 2.24) is 0 Å². The monoisotopic (exact) mass is 182 g/mol. The third-order valence-electron chi connectivity index (χ3n) is 1.78. The van der Waals surface area contributed by atoms with Crippen LogP contribution in [0.15, 0.2) is 0 Å². The minimum atomic E-state index is -3.47. The smallest absolute Gasteiger partial charge is 0.264 e. The van der Waals surface area contributed by atoms with Gasteiger partial charge in [-0.25, -0.2) is 4.39 Å². The Morgan fingerprint density at radius 1 is 1.55 bits per heavy atom.